The summed E-state index contributed by atoms with van der Waals surface area (Å²) in [5, 5.41) is 2.57. The van der Waals surface area contributed by atoms with E-state index in [0.717, 1.165) is 5.70 Å². The van der Waals surface area contributed by atoms with Gasteiger partial charge in [0, 0.05) is 40.0 Å². The summed E-state index contributed by atoms with van der Waals surface area (Å²) < 4.78 is 2.27. The Morgan fingerprint density at radius 1 is 0.605 bits per heavy atom. The minimum atomic E-state index is 1.15. The molecule has 0 atom stereocenters. The molecule has 1 aromatic heterocycles. The third kappa shape index (κ3) is 3.36. The van der Waals surface area contributed by atoms with Crippen LogP contribution < -0.4 is 4.90 Å². The van der Waals surface area contributed by atoms with E-state index in [0.29, 0.717) is 0 Å². The molecule has 5 aromatic carbocycles. The Hall–Kier alpha value is -5.04. The van der Waals surface area contributed by atoms with Crippen molar-refractivity contribution in [1.82, 2.24) is 4.57 Å². The summed E-state index contributed by atoms with van der Waals surface area (Å²) in [5.41, 5.74) is 15.0. The number of rotatable bonds is 4. The predicted molar refractivity (Wildman–Crippen MR) is 162 cm³/mol. The van der Waals surface area contributed by atoms with Crippen LogP contribution in [0.15, 0.2) is 140 Å². The lowest BCUT2D eigenvalue weighted by Gasteiger charge is -2.40. The normalized spacial score (nSPS) is 13.4. The van der Waals surface area contributed by atoms with E-state index in [1.165, 1.54) is 61.0 Å². The van der Waals surface area contributed by atoms with Gasteiger partial charge >= 0.3 is 0 Å². The summed E-state index contributed by atoms with van der Waals surface area (Å²) >= 11 is 0. The maximum Gasteiger partial charge on any atom is 0.0561 e. The van der Waals surface area contributed by atoms with Crippen molar-refractivity contribution in [1.29, 1.82) is 0 Å². The molecule has 2 nitrogen and oxygen atoms in total. The van der Waals surface area contributed by atoms with Gasteiger partial charge in [0.05, 0.1) is 17.1 Å². The molecule has 38 heavy (non-hydrogen) atoms. The summed E-state index contributed by atoms with van der Waals surface area (Å²) in [4.78, 5) is 2.34. The summed E-state index contributed by atoms with van der Waals surface area (Å²) in [7, 11) is 2.14. The highest BCUT2D eigenvalue weighted by Crippen LogP contribution is 2.51. The van der Waals surface area contributed by atoms with Crippen LogP contribution in [0.25, 0.3) is 49.8 Å². The van der Waals surface area contributed by atoms with E-state index in [-0.39, 0.29) is 0 Å². The average Bonchev–Trinajstić information content (AvgIpc) is 3.25. The van der Waals surface area contributed by atoms with E-state index in [2.05, 4.69) is 150 Å². The fourth-order valence-electron chi connectivity index (χ4n) is 5.75. The first kappa shape index (κ1) is 22.2. The minimum absolute atomic E-state index is 1.15. The Kier molecular flexibility index (Phi) is 5.14. The van der Waals surface area contributed by atoms with E-state index >= 15 is 0 Å². The van der Waals surface area contributed by atoms with Crippen molar-refractivity contribution in [2.24, 2.45) is 7.05 Å². The molecule has 0 radical (unpaired) electrons. The number of aryl methyl sites for hydroxylation is 1. The van der Waals surface area contributed by atoms with Crippen molar-refractivity contribution in [2.45, 2.75) is 0 Å². The molecule has 0 saturated carbocycles. The van der Waals surface area contributed by atoms with Gasteiger partial charge < -0.3 is 9.47 Å². The second-order valence-electron chi connectivity index (χ2n) is 9.68. The molecule has 1 aliphatic rings. The summed E-state index contributed by atoms with van der Waals surface area (Å²) in [6, 6.07) is 41.4. The molecule has 0 aliphatic carbocycles. The van der Waals surface area contributed by atoms with Gasteiger partial charge in [-0.1, -0.05) is 85.4 Å². The van der Waals surface area contributed by atoms with Crippen LogP contribution in [-0.4, -0.2) is 4.57 Å². The lowest BCUT2D eigenvalue weighted by Crippen LogP contribution is -2.26. The molecule has 0 N–H and O–H groups in total. The van der Waals surface area contributed by atoms with Gasteiger partial charge in [-0.15, -0.1) is 5.73 Å². The maximum absolute atomic E-state index is 3.79. The van der Waals surface area contributed by atoms with Gasteiger partial charge in [-0.25, -0.2) is 0 Å². The first-order valence-electron chi connectivity index (χ1n) is 12.9. The van der Waals surface area contributed by atoms with Crippen LogP contribution in [0.4, 0.5) is 11.4 Å². The number of para-hydroxylation sites is 2. The average molecular weight is 487 g/mol. The van der Waals surface area contributed by atoms with E-state index in [1.54, 1.807) is 0 Å². The highest BCUT2D eigenvalue weighted by Gasteiger charge is 2.31. The van der Waals surface area contributed by atoms with E-state index in [1.807, 2.05) is 6.08 Å². The van der Waals surface area contributed by atoms with Crippen LogP contribution in [0.1, 0.15) is 5.56 Å². The number of aromatic nitrogens is 1. The number of allylic oxidation sites excluding steroid dienone is 2. The van der Waals surface area contributed by atoms with E-state index in [9.17, 15) is 0 Å². The second-order valence-corrected chi connectivity index (χ2v) is 9.68. The van der Waals surface area contributed by atoms with Gasteiger partial charge in [0.2, 0.25) is 0 Å². The topological polar surface area (TPSA) is 8.17 Å². The maximum atomic E-state index is 3.79. The van der Waals surface area contributed by atoms with Crippen molar-refractivity contribution >= 4 is 38.9 Å². The molecule has 0 spiro atoms. The van der Waals surface area contributed by atoms with Gasteiger partial charge in [-0.3, -0.25) is 0 Å². The number of benzene rings is 5. The highest BCUT2D eigenvalue weighted by molar-refractivity contribution is 6.10. The Morgan fingerprint density at radius 3 is 2.16 bits per heavy atom. The molecule has 2 heteroatoms. The number of fused-ring (bicyclic) bond motifs is 4. The standard InChI is InChI=1S/C36H26N2/c1-3-4-16-35-31-24-27(26-19-21-33-30(23-26)29-15-9-10-17-32(29)37(33)2)20-22-36(31)38(35)34-18-11-8-14-28(34)25-12-6-5-7-13-25/h4-24H,1H2,2H3/b35-16-. The summed E-state index contributed by atoms with van der Waals surface area (Å²) in [5.74, 6) is 0. The van der Waals surface area contributed by atoms with Gasteiger partial charge in [0.25, 0.3) is 0 Å². The fourth-order valence-corrected chi connectivity index (χ4v) is 5.75. The fraction of sp³-hybridized carbons (Fsp3) is 0.0278. The summed E-state index contributed by atoms with van der Waals surface area (Å²) in [6.07, 6.45) is 4.00. The monoisotopic (exact) mass is 486 g/mol. The Balaban J connectivity index is 1.36. The molecule has 2 heterocycles. The third-order valence-electron chi connectivity index (χ3n) is 7.59. The molecule has 6 aromatic rings. The number of hydrogen-bond acceptors (Lipinski definition) is 1. The minimum Gasteiger partial charge on any atom is -0.344 e. The lowest BCUT2D eigenvalue weighted by molar-refractivity contribution is 1.01. The molecule has 0 bridgehead atoms. The first-order chi connectivity index (χ1) is 18.7. The zero-order valence-electron chi connectivity index (χ0n) is 21.2. The molecule has 0 fully saturated rings. The second kappa shape index (κ2) is 8.81. The number of nitrogens with zero attached hydrogens (tertiary/aromatic N) is 2. The molecular weight excluding hydrogens is 460 g/mol. The van der Waals surface area contributed by atoms with Gasteiger partial charge in [0.1, 0.15) is 0 Å². The Bertz CT molecular complexity index is 1930. The zero-order valence-corrected chi connectivity index (χ0v) is 21.2. The smallest absolute Gasteiger partial charge is 0.0561 e. The largest absolute Gasteiger partial charge is 0.344 e. The molecule has 0 amide bonds. The van der Waals surface area contributed by atoms with Crippen LogP contribution in [0, 0.1) is 0 Å². The van der Waals surface area contributed by atoms with Crippen LogP contribution in [0.2, 0.25) is 0 Å². The van der Waals surface area contributed by atoms with E-state index in [4.69, 9.17) is 0 Å². The summed E-state index contributed by atoms with van der Waals surface area (Å²) in [6.45, 7) is 3.79. The van der Waals surface area contributed by atoms with Gasteiger partial charge in [-0.2, -0.15) is 0 Å². The van der Waals surface area contributed by atoms with Crippen LogP contribution >= 0.6 is 0 Å². The SMILES string of the molecule is C=C=C/C=C1/c2cc(-c3ccc4c(c3)c3ccccc3n4C)ccc2N1c1ccccc1-c1ccccc1. The van der Waals surface area contributed by atoms with Gasteiger partial charge in [0.15, 0.2) is 0 Å². The zero-order chi connectivity index (χ0) is 25.6. The lowest BCUT2D eigenvalue weighted by atomic mass is 9.90. The van der Waals surface area contributed by atoms with E-state index < -0.39 is 0 Å². The molecule has 0 saturated heterocycles. The molecular formula is C36H26N2. The quantitative estimate of drug-likeness (QED) is 0.225. The van der Waals surface area contributed by atoms with Crippen molar-refractivity contribution < 1.29 is 0 Å². The molecule has 7 rings (SSSR count). The molecule has 0 unspecified atom stereocenters. The Morgan fingerprint density at radius 2 is 1.29 bits per heavy atom. The van der Waals surface area contributed by atoms with Crippen molar-refractivity contribution in [3.8, 4) is 22.3 Å². The van der Waals surface area contributed by atoms with Crippen molar-refractivity contribution in [2.75, 3.05) is 4.90 Å². The first-order valence-corrected chi connectivity index (χ1v) is 12.9. The molecule has 1 aliphatic heterocycles. The van der Waals surface area contributed by atoms with Crippen molar-refractivity contribution in [3.05, 3.63) is 145 Å². The predicted octanol–water partition coefficient (Wildman–Crippen LogP) is 9.50. The van der Waals surface area contributed by atoms with Crippen LogP contribution in [-0.2, 0) is 7.05 Å². The Labute approximate surface area is 222 Å². The van der Waals surface area contributed by atoms with Gasteiger partial charge in [-0.05, 0) is 65.2 Å². The number of hydrogen-bond donors (Lipinski definition) is 0. The number of anilines is 2. The highest BCUT2D eigenvalue weighted by atomic mass is 15.2. The third-order valence-corrected chi connectivity index (χ3v) is 7.59. The van der Waals surface area contributed by atoms with Crippen LogP contribution in [0.5, 0.6) is 0 Å². The van der Waals surface area contributed by atoms with Crippen molar-refractivity contribution in [3.63, 3.8) is 0 Å². The van der Waals surface area contributed by atoms with Crippen LogP contribution in [0.3, 0.4) is 0 Å². The molecule has 180 valence electrons.